The third kappa shape index (κ3) is 6.19. The Labute approximate surface area is 114 Å². The number of halogens is 1. The molecule has 0 unspecified atom stereocenters. The number of hydrogen-bond donors (Lipinski definition) is 1. The molecule has 1 aliphatic heterocycles. The highest BCUT2D eigenvalue weighted by molar-refractivity contribution is 6.30. The molecule has 102 valence electrons. The fourth-order valence-corrected chi connectivity index (χ4v) is 1.51. The van der Waals surface area contributed by atoms with Crippen molar-refractivity contribution in [3.63, 3.8) is 0 Å². The molecule has 1 aliphatic carbocycles. The van der Waals surface area contributed by atoms with Crippen LogP contribution in [0.25, 0.3) is 0 Å². The highest BCUT2D eigenvalue weighted by Crippen LogP contribution is 2.17. The molecule has 1 saturated carbocycles. The van der Waals surface area contributed by atoms with Crippen LogP contribution in [0.15, 0.2) is 18.3 Å². The van der Waals surface area contributed by atoms with Crippen molar-refractivity contribution >= 4 is 17.4 Å². The second kappa shape index (κ2) is 9.14. The van der Waals surface area contributed by atoms with E-state index in [-0.39, 0.29) is 0 Å². The van der Waals surface area contributed by atoms with Crippen LogP contribution >= 0.6 is 11.6 Å². The van der Waals surface area contributed by atoms with Crippen molar-refractivity contribution in [2.24, 2.45) is 0 Å². The molecule has 1 aromatic heterocycles. The number of anilines is 1. The summed E-state index contributed by atoms with van der Waals surface area (Å²) in [6, 6.07) is 3.67. The van der Waals surface area contributed by atoms with Gasteiger partial charge in [0.05, 0.1) is 13.2 Å². The lowest BCUT2D eigenvalue weighted by molar-refractivity contribution is 0.122. The van der Waals surface area contributed by atoms with Gasteiger partial charge in [-0.1, -0.05) is 30.9 Å². The predicted octanol–water partition coefficient (Wildman–Crippen LogP) is 2.35. The number of ether oxygens (including phenoxy) is 1. The van der Waals surface area contributed by atoms with Crippen LogP contribution in [0.4, 0.5) is 5.82 Å². The average Bonchev–Trinajstić information content (AvgIpc) is 3.30. The lowest BCUT2D eigenvalue weighted by Gasteiger charge is -2.27. The van der Waals surface area contributed by atoms with Crippen LogP contribution in [0.5, 0.6) is 0 Å². The molecule has 0 amide bonds. The van der Waals surface area contributed by atoms with Gasteiger partial charge < -0.3 is 14.7 Å². The van der Waals surface area contributed by atoms with E-state index >= 15 is 0 Å². The Bertz CT molecular complexity index is 326. The summed E-state index contributed by atoms with van der Waals surface area (Å²) in [5.41, 5.74) is 0. The van der Waals surface area contributed by atoms with Crippen LogP contribution < -0.4 is 4.90 Å². The van der Waals surface area contributed by atoms with Gasteiger partial charge in [0.25, 0.3) is 0 Å². The quantitative estimate of drug-likeness (QED) is 0.852. The van der Waals surface area contributed by atoms with Crippen molar-refractivity contribution in [3.8, 4) is 0 Å². The highest BCUT2D eigenvalue weighted by atomic mass is 35.5. The van der Waals surface area contributed by atoms with Crippen molar-refractivity contribution in [1.29, 1.82) is 0 Å². The molecular formula is C13H21ClN2O2. The molecule has 1 N–H and O–H groups in total. The topological polar surface area (TPSA) is 45.6 Å². The molecule has 0 bridgehead atoms. The first-order valence-electron chi connectivity index (χ1n) is 6.25. The van der Waals surface area contributed by atoms with Gasteiger partial charge in [-0.15, -0.1) is 0 Å². The van der Waals surface area contributed by atoms with E-state index in [2.05, 4.69) is 9.88 Å². The number of aliphatic hydroxyl groups is 1. The zero-order chi connectivity index (χ0) is 13.2. The molecule has 2 fully saturated rings. The summed E-state index contributed by atoms with van der Waals surface area (Å²) in [6.07, 6.45) is 6.23. The van der Waals surface area contributed by atoms with Crippen molar-refractivity contribution < 1.29 is 9.84 Å². The molecule has 2 aliphatic rings. The second-order valence-electron chi connectivity index (χ2n) is 3.99. The molecule has 0 spiro atoms. The number of pyridine rings is 1. The molecule has 0 aromatic carbocycles. The maximum atomic E-state index is 7.00. The summed E-state index contributed by atoms with van der Waals surface area (Å²) < 4.78 is 5.25. The van der Waals surface area contributed by atoms with Gasteiger partial charge in [0.15, 0.2) is 0 Å². The van der Waals surface area contributed by atoms with E-state index in [0.717, 1.165) is 44.3 Å². The van der Waals surface area contributed by atoms with Gasteiger partial charge in [0.1, 0.15) is 5.82 Å². The van der Waals surface area contributed by atoms with Gasteiger partial charge in [0, 0.05) is 31.4 Å². The Morgan fingerprint density at radius 3 is 2.33 bits per heavy atom. The Hall–Kier alpha value is -0.840. The SMILES string of the molecule is C1CC1.CO.Clc1ccnc(N2CCOCC2)c1. The molecule has 4 nitrogen and oxygen atoms in total. The first kappa shape index (κ1) is 15.2. The van der Waals surface area contributed by atoms with Crippen LogP contribution in [-0.4, -0.2) is 43.5 Å². The monoisotopic (exact) mass is 272 g/mol. The summed E-state index contributed by atoms with van der Waals surface area (Å²) in [5, 5.41) is 7.73. The largest absolute Gasteiger partial charge is 0.400 e. The Balaban J connectivity index is 0.000000276. The minimum atomic E-state index is 0.733. The van der Waals surface area contributed by atoms with Crippen molar-refractivity contribution in [1.82, 2.24) is 4.98 Å². The minimum Gasteiger partial charge on any atom is -0.400 e. The zero-order valence-corrected chi connectivity index (χ0v) is 11.6. The van der Waals surface area contributed by atoms with E-state index in [1.54, 1.807) is 12.3 Å². The zero-order valence-electron chi connectivity index (χ0n) is 10.8. The fourth-order valence-electron chi connectivity index (χ4n) is 1.36. The molecule has 0 radical (unpaired) electrons. The van der Waals surface area contributed by atoms with Crippen LogP contribution in [0.1, 0.15) is 19.3 Å². The normalized spacial score (nSPS) is 16.9. The molecular weight excluding hydrogens is 252 g/mol. The summed E-state index contributed by atoms with van der Waals surface area (Å²) in [4.78, 5) is 6.43. The molecule has 1 aromatic rings. The molecule has 1 saturated heterocycles. The van der Waals surface area contributed by atoms with E-state index in [0.29, 0.717) is 0 Å². The molecule has 18 heavy (non-hydrogen) atoms. The number of nitrogens with zero attached hydrogens (tertiary/aromatic N) is 2. The third-order valence-electron chi connectivity index (χ3n) is 2.40. The number of aromatic nitrogens is 1. The van der Waals surface area contributed by atoms with Crippen LogP contribution in [0, 0.1) is 0 Å². The van der Waals surface area contributed by atoms with Crippen molar-refractivity contribution in [2.75, 3.05) is 38.3 Å². The van der Waals surface area contributed by atoms with Crippen molar-refractivity contribution in [3.05, 3.63) is 23.4 Å². The Morgan fingerprint density at radius 1 is 1.22 bits per heavy atom. The predicted molar refractivity (Wildman–Crippen MR) is 74.3 cm³/mol. The molecule has 5 heteroatoms. The minimum absolute atomic E-state index is 0.733. The van der Waals surface area contributed by atoms with E-state index < -0.39 is 0 Å². The summed E-state index contributed by atoms with van der Waals surface area (Å²) >= 11 is 5.87. The lowest BCUT2D eigenvalue weighted by Crippen LogP contribution is -2.36. The first-order chi connectivity index (χ1) is 8.86. The number of hydrogen-bond acceptors (Lipinski definition) is 4. The molecule has 2 heterocycles. The van der Waals surface area contributed by atoms with Crippen LogP contribution in [0.2, 0.25) is 5.02 Å². The first-order valence-corrected chi connectivity index (χ1v) is 6.63. The van der Waals surface area contributed by atoms with Gasteiger partial charge in [-0.05, 0) is 12.1 Å². The van der Waals surface area contributed by atoms with E-state index in [1.165, 1.54) is 19.3 Å². The Morgan fingerprint density at radius 2 is 1.83 bits per heavy atom. The fraction of sp³-hybridized carbons (Fsp3) is 0.615. The van der Waals surface area contributed by atoms with Crippen molar-refractivity contribution in [2.45, 2.75) is 19.3 Å². The van der Waals surface area contributed by atoms with E-state index in [4.69, 9.17) is 21.4 Å². The maximum Gasteiger partial charge on any atom is 0.130 e. The summed E-state index contributed by atoms with van der Waals surface area (Å²) in [6.45, 7) is 3.34. The van der Waals surface area contributed by atoms with E-state index in [1.807, 2.05) is 6.07 Å². The standard InChI is InChI=1S/C9H11ClN2O.C3H6.CH4O/c10-8-1-2-11-9(7-8)12-3-5-13-6-4-12;1-2-3-1;1-2/h1-2,7H,3-6H2;1-3H2;2H,1H3. The number of rotatable bonds is 1. The number of aliphatic hydroxyl groups excluding tert-OH is 1. The average molecular weight is 273 g/mol. The second-order valence-corrected chi connectivity index (χ2v) is 4.43. The van der Waals surface area contributed by atoms with Crippen LogP contribution in [-0.2, 0) is 4.74 Å². The lowest BCUT2D eigenvalue weighted by atomic mass is 10.4. The third-order valence-corrected chi connectivity index (χ3v) is 2.63. The van der Waals surface area contributed by atoms with Gasteiger partial charge in [0.2, 0.25) is 0 Å². The number of morpholine rings is 1. The molecule has 3 rings (SSSR count). The Kier molecular flexibility index (Phi) is 7.73. The van der Waals surface area contributed by atoms with Gasteiger partial charge in [-0.25, -0.2) is 4.98 Å². The highest BCUT2D eigenvalue weighted by Gasteiger charge is 2.11. The molecule has 0 atom stereocenters. The maximum absolute atomic E-state index is 7.00. The van der Waals surface area contributed by atoms with E-state index in [9.17, 15) is 0 Å². The van der Waals surface area contributed by atoms with Gasteiger partial charge in [-0.3, -0.25) is 0 Å². The summed E-state index contributed by atoms with van der Waals surface area (Å²) in [5.74, 6) is 0.941. The van der Waals surface area contributed by atoms with Crippen LogP contribution in [0.3, 0.4) is 0 Å². The van der Waals surface area contributed by atoms with Gasteiger partial charge >= 0.3 is 0 Å². The van der Waals surface area contributed by atoms with Gasteiger partial charge in [-0.2, -0.15) is 0 Å². The smallest absolute Gasteiger partial charge is 0.130 e. The summed E-state index contributed by atoms with van der Waals surface area (Å²) in [7, 11) is 1.00.